The molecule has 614 valence electrons. The molecule has 3 aromatic carbocycles. The van der Waals surface area contributed by atoms with Crippen LogP contribution < -0.4 is 28.4 Å². The lowest BCUT2D eigenvalue weighted by atomic mass is 10.1. The smallest absolute Gasteiger partial charge is 0.252 e. The summed E-state index contributed by atoms with van der Waals surface area (Å²) in [4.78, 5) is 0. The minimum absolute atomic E-state index is 0.0173. The van der Waals surface area contributed by atoms with Crippen molar-refractivity contribution in [1.29, 1.82) is 0 Å². The highest BCUT2D eigenvalue weighted by Gasteiger charge is 2.26. The van der Waals surface area contributed by atoms with E-state index in [-0.39, 0.29) is 46.2 Å². The van der Waals surface area contributed by atoms with Crippen LogP contribution in [0.2, 0.25) is 0 Å². The lowest BCUT2D eigenvalue weighted by molar-refractivity contribution is 0.234. The lowest BCUT2D eigenvalue weighted by Gasteiger charge is -2.18. The van der Waals surface area contributed by atoms with Crippen LogP contribution in [0.25, 0.3) is 45.8 Å². The highest BCUT2D eigenvalue weighted by atomic mass is 16.5. The number of nitrogens with zero attached hydrogens (tertiary/aromatic N) is 4. The quantitative estimate of drug-likeness (QED) is 0.0278. The van der Waals surface area contributed by atoms with Gasteiger partial charge in [-0.3, -0.25) is 0 Å². The number of aromatic hydroxyl groups is 2. The summed E-state index contributed by atoms with van der Waals surface area (Å²) >= 11 is 0. The van der Waals surface area contributed by atoms with Crippen LogP contribution in [-0.2, 0) is 0 Å². The molecule has 5 rings (SSSR count). The predicted octanol–water partition coefficient (Wildman–Crippen LogP) is 30.3. The summed E-state index contributed by atoms with van der Waals surface area (Å²) in [5.74, 6) is 3.57. The van der Waals surface area contributed by atoms with E-state index in [0.29, 0.717) is 85.3 Å². The molecule has 2 N–H and O–H groups in total. The Morgan fingerprint density at radius 3 is 0.574 bits per heavy atom. The van der Waals surface area contributed by atoms with E-state index in [1.807, 2.05) is 24.3 Å². The molecule has 0 amide bonds. The van der Waals surface area contributed by atoms with Gasteiger partial charge in [-0.05, 0) is 74.9 Å². The molecule has 0 atom stereocenters. The van der Waals surface area contributed by atoms with E-state index in [2.05, 4.69) is 61.9 Å². The van der Waals surface area contributed by atoms with E-state index in [0.717, 1.165) is 77.0 Å². The van der Waals surface area contributed by atoms with Crippen LogP contribution in [0.1, 0.15) is 427 Å². The standard InChI is InChI=1S/C94H158N4O10/c1-7-13-19-25-31-37-43-49-55-61-67-101-85-73-79(74-86(102-68-62-56-50-44-38-32-26-20-14-8-2)89(85)105-71-65-59-53-47-41-35-29-23-17-11-5)91-95-97-93(107-91)81-77-84(100)82(78-83(81)99)94-98-96-92(108-94)80-75-87(103-69-63-57-51-45-39-33-27-21-15-9-3)90(106-72-66-60-54-48-42-36-30-24-18-12-6)88(76-80)104-70-64-58-52-46-40-34-28-22-16-10-4/h73-78,99-100H,7-72H2,1-6H3. The number of rotatable bonds is 76. The fourth-order valence-corrected chi connectivity index (χ4v) is 14.5. The summed E-state index contributed by atoms with van der Waals surface area (Å²) in [5.41, 5.74) is 1.48. The maximum absolute atomic E-state index is 11.9. The monoisotopic (exact) mass is 1500 g/mol. The van der Waals surface area contributed by atoms with Crippen molar-refractivity contribution in [3.05, 3.63) is 36.4 Å². The van der Waals surface area contributed by atoms with Crippen molar-refractivity contribution in [2.24, 2.45) is 0 Å². The predicted molar refractivity (Wildman–Crippen MR) is 451 cm³/mol. The Labute approximate surface area is 659 Å². The van der Waals surface area contributed by atoms with E-state index in [1.165, 1.54) is 320 Å². The molecule has 0 bridgehead atoms. The molecule has 14 heteroatoms. The van der Waals surface area contributed by atoms with Crippen molar-refractivity contribution in [3.63, 3.8) is 0 Å². The van der Waals surface area contributed by atoms with Gasteiger partial charge in [0.25, 0.3) is 11.8 Å². The molecule has 0 fully saturated rings. The van der Waals surface area contributed by atoms with Crippen LogP contribution >= 0.6 is 0 Å². The lowest BCUT2D eigenvalue weighted by Crippen LogP contribution is -2.07. The molecule has 0 saturated carbocycles. The summed E-state index contributed by atoms with van der Waals surface area (Å²) in [6.45, 7) is 16.9. The van der Waals surface area contributed by atoms with E-state index in [1.54, 1.807) is 0 Å². The maximum atomic E-state index is 11.9. The Morgan fingerprint density at radius 1 is 0.213 bits per heavy atom. The maximum Gasteiger partial charge on any atom is 0.252 e. The Morgan fingerprint density at radius 2 is 0.380 bits per heavy atom. The fourth-order valence-electron chi connectivity index (χ4n) is 14.5. The third-order valence-electron chi connectivity index (χ3n) is 21.5. The molecule has 0 aliphatic carbocycles. The third-order valence-corrected chi connectivity index (χ3v) is 21.5. The topological polar surface area (TPSA) is 174 Å². The normalized spacial score (nSPS) is 11.5. The summed E-state index contributed by atoms with van der Waals surface area (Å²) < 4.78 is 53.2. The van der Waals surface area contributed by atoms with Gasteiger partial charge in [-0.2, -0.15) is 0 Å². The second-order valence-corrected chi connectivity index (χ2v) is 31.5. The molecular formula is C94H158N4O10. The Balaban J connectivity index is 1.40. The Hall–Kier alpha value is -5.66. The number of aromatic nitrogens is 4. The average molecular weight is 1500 g/mol. The minimum Gasteiger partial charge on any atom is -0.507 e. The zero-order chi connectivity index (χ0) is 76.6. The molecule has 0 aliphatic rings. The molecule has 0 spiro atoms. The van der Waals surface area contributed by atoms with Gasteiger partial charge >= 0.3 is 0 Å². The Kier molecular flexibility index (Phi) is 55.0. The van der Waals surface area contributed by atoms with Gasteiger partial charge in [-0.1, -0.05) is 388 Å². The first-order valence-electron chi connectivity index (χ1n) is 45.7. The van der Waals surface area contributed by atoms with Crippen LogP contribution in [0, 0.1) is 0 Å². The molecule has 0 saturated heterocycles. The SMILES string of the molecule is CCCCCCCCCCCCOc1cc(-c2nnc(-c3cc(O)c(-c4nnc(-c5cc(OCCCCCCCCCCCC)c(OCCCCCCCCCCCC)c(OCCCCCCCCCCCC)c5)o4)cc3O)o2)cc(OCCCCCCCCCCCC)c1OCCCCCCCCCCCC. The van der Waals surface area contributed by atoms with Gasteiger partial charge in [-0.25, -0.2) is 0 Å². The number of phenols is 2. The third kappa shape index (κ3) is 41.6. The van der Waals surface area contributed by atoms with Gasteiger partial charge in [0.1, 0.15) is 11.5 Å². The second kappa shape index (κ2) is 63.9. The first-order valence-corrected chi connectivity index (χ1v) is 45.7. The van der Waals surface area contributed by atoms with Crippen molar-refractivity contribution < 1.29 is 47.5 Å². The van der Waals surface area contributed by atoms with Crippen LogP contribution in [0.4, 0.5) is 0 Å². The first kappa shape index (κ1) is 92.9. The van der Waals surface area contributed by atoms with Crippen molar-refractivity contribution >= 4 is 0 Å². The molecule has 2 heterocycles. The second-order valence-electron chi connectivity index (χ2n) is 31.5. The van der Waals surface area contributed by atoms with Gasteiger partial charge in [0.05, 0.1) is 50.8 Å². The summed E-state index contributed by atoms with van der Waals surface area (Å²) in [6.07, 6.45) is 74.2. The molecule has 0 aliphatic heterocycles. The number of hydrogen-bond donors (Lipinski definition) is 2. The van der Waals surface area contributed by atoms with Gasteiger partial charge in [0.2, 0.25) is 23.3 Å². The van der Waals surface area contributed by atoms with Crippen molar-refractivity contribution in [1.82, 2.24) is 20.4 Å². The number of ether oxygens (including phenoxy) is 6. The fraction of sp³-hybridized carbons (Fsp3) is 0.766. The van der Waals surface area contributed by atoms with E-state index in [9.17, 15) is 10.2 Å². The van der Waals surface area contributed by atoms with Crippen LogP contribution in [0.3, 0.4) is 0 Å². The summed E-state index contributed by atoms with van der Waals surface area (Å²) in [7, 11) is 0. The van der Waals surface area contributed by atoms with Crippen LogP contribution in [0.5, 0.6) is 46.0 Å². The largest absolute Gasteiger partial charge is 0.507 e. The summed E-state index contributed by atoms with van der Waals surface area (Å²) in [6, 6.07) is 10.5. The molecular weight excluding hydrogens is 1350 g/mol. The zero-order valence-corrected chi connectivity index (χ0v) is 70.1. The van der Waals surface area contributed by atoms with Crippen LogP contribution in [0.15, 0.2) is 45.2 Å². The van der Waals surface area contributed by atoms with E-state index >= 15 is 0 Å². The van der Waals surface area contributed by atoms with Gasteiger partial charge < -0.3 is 47.5 Å². The molecule has 5 aromatic rings. The molecule has 0 unspecified atom stereocenters. The molecule has 14 nitrogen and oxygen atoms in total. The number of hydrogen-bond acceptors (Lipinski definition) is 14. The Bertz CT molecular complexity index is 2640. The number of benzene rings is 3. The van der Waals surface area contributed by atoms with Gasteiger partial charge in [-0.15, -0.1) is 20.4 Å². The van der Waals surface area contributed by atoms with Crippen molar-refractivity contribution in [2.75, 3.05) is 39.6 Å². The number of unbranched alkanes of at least 4 members (excludes halogenated alkanes) is 54. The highest BCUT2D eigenvalue weighted by molar-refractivity contribution is 5.76. The van der Waals surface area contributed by atoms with Gasteiger partial charge in [0, 0.05) is 11.1 Å². The first-order chi connectivity index (χ1) is 53.3. The van der Waals surface area contributed by atoms with E-state index < -0.39 is 0 Å². The molecule has 0 radical (unpaired) electrons. The molecule has 108 heavy (non-hydrogen) atoms. The number of phenolic OH excluding ortho intramolecular Hbond substituents is 2. The minimum atomic E-state index is -0.219. The average Bonchev–Trinajstić information content (AvgIpc) is 1.60. The molecule has 2 aromatic heterocycles. The van der Waals surface area contributed by atoms with Crippen LogP contribution in [-0.4, -0.2) is 70.2 Å². The van der Waals surface area contributed by atoms with Gasteiger partial charge in [0.15, 0.2) is 23.0 Å². The van der Waals surface area contributed by atoms with Crippen molar-refractivity contribution in [3.8, 4) is 91.8 Å². The highest BCUT2D eigenvalue weighted by Crippen LogP contribution is 2.46. The zero-order valence-electron chi connectivity index (χ0n) is 70.1. The summed E-state index contributed by atoms with van der Waals surface area (Å²) in [5, 5.41) is 41.8. The van der Waals surface area contributed by atoms with Crippen molar-refractivity contribution in [2.45, 2.75) is 427 Å². The van der Waals surface area contributed by atoms with E-state index in [4.69, 9.17) is 37.3 Å².